The molecule has 27 heavy (non-hydrogen) atoms. The second kappa shape index (κ2) is 7.60. The molecule has 2 aromatic heterocycles. The van der Waals surface area contributed by atoms with E-state index in [0.717, 1.165) is 31.9 Å². The lowest BCUT2D eigenvalue weighted by Crippen LogP contribution is -2.29. The number of benzene rings is 1. The van der Waals surface area contributed by atoms with Crippen LogP contribution in [0.5, 0.6) is 5.75 Å². The number of para-hydroxylation sites is 1. The molecule has 6 nitrogen and oxygen atoms in total. The van der Waals surface area contributed by atoms with Gasteiger partial charge in [-0.1, -0.05) is 43.2 Å². The molecule has 1 aromatic carbocycles. The number of rotatable bonds is 4. The van der Waals surface area contributed by atoms with Crippen molar-refractivity contribution in [2.75, 3.05) is 0 Å². The van der Waals surface area contributed by atoms with Crippen LogP contribution in [0, 0.1) is 0 Å². The van der Waals surface area contributed by atoms with E-state index in [1.165, 1.54) is 24.2 Å². The van der Waals surface area contributed by atoms with Gasteiger partial charge in [-0.25, -0.2) is 4.98 Å². The molecule has 1 aliphatic carbocycles. The Hall–Kier alpha value is -2.54. The third-order valence-electron chi connectivity index (χ3n) is 4.93. The van der Waals surface area contributed by atoms with Crippen LogP contribution in [0.2, 0.25) is 0 Å². The van der Waals surface area contributed by atoms with Gasteiger partial charge in [-0.3, -0.25) is 14.2 Å². The van der Waals surface area contributed by atoms with Gasteiger partial charge in [0.25, 0.3) is 5.56 Å². The van der Waals surface area contributed by atoms with Crippen molar-refractivity contribution in [3.05, 3.63) is 62.9 Å². The lowest BCUT2D eigenvalue weighted by molar-refractivity contribution is 0.326. The fraction of sp³-hybridized carbons (Fsp3) is 0.350. The minimum Gasteiger partial charge on any atom is -0.502 e. The van der Waals surface area contributed by atoms with E-state index >= 15 is 0 Å². The van der Waals surface area contributed by atoms with Crippen LogP contribution in [0.25, 0.3) is 10.9 Å². The topological polar surface area (TPSA) is 85.3 Å². The van der Waals surface area contributed by atoms with Gasteiger partial charge in [0.2, 0.25) is 5.43 Å². The molecule has 7 heteroatoms. The van der Waals surface area contributed by atoms with Crippen LogP contribution in [0.3, 0.4) is 0 Å². The normalized spacial score (nSPS) is 15.3. The highest BCUT2D eigenvalue weighted by Crippen LogP contribution is 2.32. The second-order valence-electron chi connectivity index (χ2n) is 6.76. The Morgan fingerprint density at radius 1 is 1.19 bits per heavy atom. The van der Waals surface area contributed by atoms with Gasteiger partial charge in [0, 0.05) is 12.1 Å². The molecule has 2 heterocycles. The van der Waals surface area contributed by atoms with Crippen molar-refractivity contribution < 1.29 is 9.52 Å². The minimum absolute atomic E-state index is 0.0119. The first kappa shape index (κ1) is 17.9. The largest absolute Gasteiger partial charge is 0.502 e. The number of fused-ring (bicyclic) bond motifs is 1. The van der Waals surface area contributed by atoms with Gasteiger partial charge in [-0.2, -0.15) is 0 Å². The van der Waals surface area contributed by atoms with Crippen LogP contribution in [0.1, 0.15) is 43.9 Å². The van der Waals surface area contributed by atoms with Crippen molar-refractivity contribution in [3.8, 4) is 5.75 Å². The Morgan fingerprint density at radius 2 is 1.96 bits per heavy atom. The number of hydrogen-bond donors (Lipinski definition) is 1. The minimum atomic E-state index is -0.479. The van der Waals surface area contributed by atoms with Crippen LogP contribution in [0.15, 0.2) is 55.8 Å². The molecule has 0 amide bonds. The smallest absolute Gasteiger partial charge is 0.262 e. The Morgan fingerprint density at radius 3 is 2.74 bits per heavy atom. The third kappa shape index (κ3) is 3.64. The molecule has 4 rings (SSSR count). The summed E-state index contributed by atoms with van der Waals surface area (Å²) >= 11 is 1.37. The Balaban J connectivity index is 1.74. The molecule has 0 atom stereocenters. The van der Waals surface area contributed by atoms with Crippen LogP contribution >= 0.6 is 11.8 Å². The number of thioether (sulfide) groups is 1. The number of aromatic nitrogens is 2. The summed E-state index contributed by atoms with van der Waals surface area (Å²) in [6.45, 7) is 0. The van der Waals surface area contributed by atoms with Gasteiger partial charge < -0.3 is 9.52 Å². The van der Waals surface area contributed by atoms with Gasteiger partial charge in [-0.15, -0.1) is 0 Å². The summed E-state index contributed by atoms with van der Waals surface area (Å²) in [7, 11) is 0. The van der Waals surface area contributed by atoms with Crippen molar-refractivity contribution >= 4 is 22.7 Å². The predicted molar refractivity (Wildman–Crippen MR) is 104 cm³/mol. The highest BCUT2D eigenvalue weighted by molar-refractivity contribution is 7.98. The standard InChI is InChI=1S/C20H20N2O4S/c23-17-10-14(26-11-18(17)24)12-27-20-21-16-9-5-4-8-15(16)19(25)22(20)13-6-2-1-3-7-13/h4-5,8-11,13,24H,1-3,6-7,12H2. The lowest BCUT2D eigenvalue weighted by atomic mass is 9.95. The number of nitrogens with zero attached hydrogens (tertiary/aromatic N) is 2. The van der Waals surface area contributed by atoms with Crippen LogP contribution in [-0.2, 0) is 5.75 Å². The number of aromatic hydroxyl groups is 1. The van der Waals surface area contributed by atoms with Gasteiger partial charge in [-0.05, 0) is 25.0 Å². The molecule has 0 radical (unpaired) electrons. The quantitative estimate of drug-likeness (QED) is 0.543. The molecule has 0 saturated heterocycles. The average Bonchev–Trinajstić information content (AvgIpc) is 2.70. The van der Waals surface area contributed by atoms with Crippen LogP contribution in [-0.4, -0.2) is 14.7 Å². The fourth-order valence-corrected chi connectivity index (χ4v) is 4.50. The Labute approximate surface area is 159 Å². The van der Waals surface area contributed by atoms with E-state index in [2.05, 4.69) is 0 Å². The third-order valence-corrected chi connectivity index (χ3v) is 5.90. The molecule has 0 bridgehead atoms. The average molecular weight is 384 g/mol. The van der Waals surface area contributed by atoms with Gasteiger partial charge >= 0.3 is 0 Å². The van der Waals surface area contributed by atoms with Crippen molar-refractivity contribution in [2.45, 2.75) is 49.1 Å². The summed E-state index contributed by atoms with van der Waals surface area (Å²) in [6, 6.07) is 8.80. The zero-order chi connectivity index (χ0) is 18.8. The van der Waals surface area contributed by atoms with E-state index in [0.29, 0.717) is 27.6 Å². The van der Waals surface area contributed by atoms with Crippen molar-refractivity contribution in [3.63, 3.8) is 0 Å². The van der Waals surface area contributed by atoms with E-state index in [1.807, 2.05) is 28.8 Å². The summed E-state index contributed by atoms with van der Waals surface area (Å²) in [5.41, 5.74) is 0.180. The number of hydrogen-bond acceptors (Lipinski definition) is 6. The molecule has 1 fully saturated rings. The highest BCUT2D eigenvalue weighted by Gasteiger charge is 2.22. The molecule has 0 aliphatic heterocycles. The molecule has 1 aliphatic rings. The first-order chi connectivity index (χ1) is 13.1. The van der Waals surface area contributed by atoms with Gasteiger partial charge in [0.05, 0.1) is 16.7 Å². The molecule has 1 N–H and O–H groups in total. The van der Waals surface area contributed by atoms with E-state index in [-0.39, 0.29) is 11.6 Å². The van der Waals surface area contributed by atoms with Crippen molar-refractivity contribution in [2.24, 2.45) is 0 Å². The zero-order valence-corrected chi connectivity index (χ0v) is 15.6. The summed E-state index contributed by atoms with van der Waals surface area (Å²) < 4.78 is 7.10. The lowest BCUT2D eigenvalue weighted by Gasteiger charge is -2.26. The summed E-state index contributed by atoms with van der Waals surface area (Å²) in [5, 5.41) is 10.6. The van der Waals surface area contributed by atoms with Gasteiger partial charge in [0.15, 0.2) is 10.9 Å². The molecule has 3 aromatic rings. The predicted octanol–water partition coefficient (Wildman–Crippen LogP) is 3.85. The zero-order valence-electron chi connectivity index (χ0n) is 14.8. The molecule has 140 valence electrons. The van der Waals surface area contributed by atoms with Crippen molar-refractivity contribution in [1.82, 2.24) is 9.55 Å². The van der Waals surface area contributed by atoms with E-state index in [9.17, 15) is 14.7 Å². The monoisotopic (exact) mass is 384 g/mol. The van der Waals surface area contributed by atoms with E-state index in [4.69, 9.17) is 9.40 Å². The molecular formula is C20H20N2O4S. The first-order valence-electron chi connectivity index (χ1n) is 9.08. The summed E-state index contributed by atoms with van der Waals surface area (Å²) in [4.78, 5) is 29.5. The molecule has 1 saturated carbocycles. The molecule has 0 unspecified atom stereocenters. The highest BCUT2D eigenvalue weighted by atomic mass is 32.2. The Kier molecular flexibility index (Phi) is 5.03. The maximum atomic E-state index is 13.2. The van der Waals surface area contributed by atoms with Crippen LogP contribution < -0.4 is 11.0 Å². The maximum absolute atomic E-state index is 13.2. The van der Waals surface area contributed by atoms with E-state index in [1.54, 1.807) is 0 Å². The van der Waals surface area contributed by atoms with Crippen LogP contribution in [0.4, 0.5) is 0 Å². The van der Waals surface area contributed by atoms with Gasteiger partial charge in [0.1, 0.15) is 12.0 Å². The van der Waals surface area contributed by atoms with E-state index < -0.39 is 11.2 Å². The molecular weight excluding hydrogens is 364 g/mol. The summed E-state index contributed by atoms with van der Waals surface area (Å²) in [5.74, 6) is 0.375. The van der Waals surface area contributed by atoms with Crippen molar-refractivity contribution in [1.29, 1.82) is 0 Å². The first-order valence-corrected chi connectivity index (χ1v) is 10.1. The maximum Gasteiger partial charge on any atom is 0.262 e. The SMILES string of the molecule is O=c1cc(CSc2nc3ccccc3c(=O)n2C2CCCCC2)occ1O. The second-order valence-corrected chi connectivity index (χ2v) is 7.71. The fourth-order valence-electron chi connectivity index (χ4n) is 3.54. The molecule has 0 spiro atoms. The summed E-state index contributed by atoms with van der Waals surface area (Å²) in [6.07, 6.45) is 6.42. The Bertz CT molecular complexity index is 1080.